The van der Waals surface area contributed by atoms with E-state index >= 15 is 0 Å². The molecule has 7 nitrogen and oxygen atoms in total. The molecule has 0 aromatic heterocycles. The van der Waals surface area contributed by atoms with Gasteiger partial charge >= 0.3 is 5.97 Å². The van der Waals surface area contributed by atoms with Gasteiger partial charge in [-0.25, -0.2) is 0 Å². The zero-order valence-corrected chi connectivity index (χ0v) is 7.03. The van der Waals surface area contributed by atoms with Crippen LogP contribution < -0.4 is 16.8 Å². The maximum atomic E-state index is 10.2. The number of aliphatic hydroxyl groups is 1. The molecule has 0 aliphatic rings. The normalized spacial score (nSPS) is 14.6. The van der Waals surface area contributed by atoms with Crippen molar-refractivity contribution in [3.8, 4) is 0 Å². The van der Waals surface area contributed by atoms with Gasteiger partial charge < -0.3 is 27.0 Å². The molecule has 0 saturated carbocycles. The van der Waals surface area contributed by atoms with Gasteiger partial charge in [-0.15, -0.1) is 0 Å². The summed E-state index contributed by atoms with van der Waals surface area (Å²) in [5.74, 6) is -1.48. The van der Waals surface area contributed by atoms with Crippen molar-refractivity contribution in [3.05, 3.63) is 0 Å². The van der Waals surface area contributed by atoms with Gasteiger partial charge in [-0.2, -0.15) is 0 Å². The molecule has 8 N–H and O–H groups in total. The largest absolute Gasteiger partial charge is 0.480 e. The first-order valence-electron chi connectivity index (χ1n) is 3.70. The summed E-state index contributed by atoms with van der Waals surface area (Å²) in [5.41, 5.74) is 10.1. The molecule has 0 saturated heterocycles. The highest BCUT2D eigenvalue weighted by Crippen LogP contribution is 1.97. The van der Waals surface area contributed by atoms with E-state index in [1.165, 1.54) is 0 Å². The van der Waals surface area contributed by atoms with Gasteiger partial charge in [0.1, 0.15) is 12.3 Å². The maximum absolute atomic E-state index is 10.2. The highest BCUT2D eigenvalue weighted by atomic mass is 16.4. The van der Waals surface area contributed by atoms with Gasteiger partial charge in [0.25, 0.3) is 0 Å². The Labute approximate surface area is 75.2 Å². The van der Waals surface area contributed by atoms with Gasteiger partial charge in [-0.05, 0) is 12.8 Å². The predicted octanol–water partition coefficient (Wildman–Crippen LogP) is -2.02. The van der Waals surface area contributed by atoms with E-state index in [2.05, 4.69) is 5.32 Å². The van der Waals surface area contributed by atoms with Crippen LogP contribution in [0.3, 0.4) is 0 Å². The molecule has 0 aromatic carbocycles. The molecule has 2 unspecified atom stereocenters. The summed E-state index contributed by atoms with van der Waals surface area (Å²) in [6.07, 6.45) is -0.771. The SMILES string of the molecule is N=C(N)NC(O)CCC(N)C(=O)O. The van der Waals surface area contributed by atoms with Crippen LogP contribution in [0, 0.1) is 5.41 Å². The topological polar surface area (TPSA) is 145 Å². The Morgan fingerprint density at radius 3 is 2.46 bits per heavy atom. The molecule has 7 heteroatoms. The highest BCUT2D eigenvalue weighted by Gasteiger charge is 2.13. The van der Waals surface area contributed by atoms with Gasteiger partial charge in [0, 0.05) is 0 Å². The molecule has 2 atom stereocenters. The molecule has 0 rings (SSSR count). The first-order chi connectivity index (χ1) is 5.93. The van der Waals surface area contributed by atoms with Gasteiger partial charge in [-0.3, -0.25) is 10.2 Å². The van der Waals surface area contributed by atoms with Crippen molar-refractivity contribution in [1.82, 2.24) is 5.32 Å². The molecule has 13 heavy (non-hydrogen) atoms. The molecular weight excluding hydrogens is 176 g/mol. The van der Waals surface area contributed by atoms with Crippen molar-refractivity contribution in [1.29, 1.82) is 5.41 Å². The van der Waals surface area contributed by atoms with Gasteiger partial charge in [0.15, 0.2) is 5.96 Å². The van der Waals surface area contributed by atoms with E-state index in [0.29, 0.717) is 0 Å². The minimum Gasteiger partial charge on any atom is -0.480 e. The highest BCUT2D eigenvalue weighted by molar-refractivity contribution is 5.74. The van der Waals surface area contributed by atoms with Crippen LogP contribution in [0.25, 0.3) is 0 Å². The Balaban J connectivity index is 3.63. The van der Waals surface area contributed by atoms with Crippen molar-refractivity contribution in [3.63, 3.8) is 0 Å². The lowest BCUT2D eigenvalue weighted by Gasteiger charge is -2.13. The minimum atomic E-state index is -1.12. The van der Waals surface area contributed by atoms with E-state index in [0.717, 1.165) is 0 Å². The number of nitrogens with two attached hydrogens (primary N) is 2. The molecule has 0 heterocycles. The molecule has 76 valence electrons. The fourth-order valence-corrected chi connectivity index (χ4v) is 0.713. The number of carbonyl (C=O) groups is 1. The fraction of sp³-hybridized carbons (Fsp3) is 0.667. The number of rotatable bonds is 5. The lowest BCUT2D eigenvalue weighted by Crippen LogP contribution is -2.40. The van der Waals surface area contributed by atoms with Crippen LogP contribution >= 0.6 is 0 Å². The zero-order valence-electron chi connectivity index (χ0n) is 7.03. The summed E-state index contributed by atoms with van der Waals surface area (Å²) in [4.78, 5) is 10.2. The summed E-state index contributed by atoms with van der Waals surface area (Å²) in [6, 6.07) is -0.997. The van der Waals surface area contributed by atoms with Gasteiger partial charge in [0.2, 0.25) is 0 Å². The van der Waals surface area contributed by atoms with Crippen molar-refractivity contribution in [2.75, 3.05) is 0 Å². The second-order valence-electron chi connectivity index (χ2n) is 2.60. The Bertz CT molecular complexity index is 196. The van der Waals surface area contributed by atoms with E-state index in [-0.39, 0.29) is 18.8 Å². The summed E-state index contributed by atoms with van der Waals surface area (Å²) in [6.45, 7) is 0. The van der Waals surface area contributed by atoms with Gasteiger partial charge in [0.05, 0.1) is 0 Å². The third kappa shape index (κ3) is 5.88. The van der Waals surface area contributed by atoms with Crippen LogP contribution in [0.4, 0.5) is 0 Å². The third-order valence-corrected chi connectivity index (χ3v) is 1.39. The second-order valence-corrected chi connectivity index (χ2v) is 2.60. The van der Waals surface area contributed by atoms with Crippen LogP contribution in [-0.2, 0) is 4.79 Å². The maximum Gasteiger partial charge on any atom is 0.320 e. The first kappa shape index (κ1) is 11.7. The number of carboxylic acids is 1. The number of aliphatic carboxylic acids is 1. The molecule has 0 aromatic rings. The molecule has 0 radical (unpaired) electrons. The molecule has 0 aliphatic heterocycles. The predicted molar refractivity (Wildman–Crippen MR) is 45.9 cm³/mol. The smallest absolute Gasteiger partial charge is 0.320 e. The monoisotopic (exact) mass is 190 g/mol. The Morgan fingerprint density at radius 2 is 2.08 bits per heavy atom. The Kier molecular flexibility index (Phi) is 4.78. The number of nitrogens with one attached hydrogen (secondary N) is 2. The van der Waals surface area contributed by atoms with E-state index < -0.39 is 18.2 Å². The van der Waals surface area contributed by atoms with Crippen LogP contribution in [-0.4, -0.2) is 34.4 Å². The standard InChI is InChI=1S/C6H14N4O3/c7-3(5(12)13)1-2-4(11)10-6(8)9/h3-4,11H,1-2,7H2,(H,12,13)(H4,8,9,10). The molecule has 0 spiro atoms. The third-order valence-electron chi connectivity index (χ3n) is 1.39. The van der Waals surface area contributed by atoms with Gasteiger partial charge in [-0.1, -0.05) is 0 Å². The van der Waals surface area contributed by atoms with Crippen molar-refractivity contribution >= 4 is 11.9 Å². The molecule has 0 bridgehead atoms. The van der Waals surface area contributed by atoms with E-state index in [4.69, 9.17) is 27.1 Å². The minimum absolute atomic E-state index is 0.122. The summed E-state index contributed by atoms with van der Waals surface area (Å²) in [5, 5.41) is 26.4. The molecule has 0 amide bonds. The number of carboxylic acid groups (broad SMARTS) is 1. The van der Waals surface area contributed by atoms with E-state index in [1.54, 1.807) is 0 Å². The molecule has 0 aliphatic carbocycles. The van der Waals surface area contributed by atoms with Crippen LogP contribution in [0.15, 0.2) is 0 Å². The first-order valence-corrected chi connectivity index (χ1v) is 3.70. The summed E-state index contributed by atoms with van der Waals surface area (Å²) in [7, 11) is 0. The summed E-state index contributed by atoms with van der Waals surface area (Å²) < 4.78 is 0. The number of hydrogen-bond donors (Lipinski definition) is 6. The number of aliphatic hydroxyl groups excluding tert-OH is 1. The lowest BCUT2D eigenvalue weighted by molar-refractivity contribution is -0.138. The fourth-order valence-electron chi connectivity index (χ4n) is 0.713. The summed E-state index contributed by atoms with van der Waals surface area (Å²) >= 11 is 0. The quantitative estimate of drug-likeness (QED) is 0.168. The van der Waals surface area contributed by atoms with Crippen LogP contribution in [0.5, 0.6) is 0 Å². The van der Waals surface area contributed by atoms with E-state index in [9.17, 15) is 4.79 Å². The number of hydrogen-bond acceptors (Lipinski definition) is 4. The lowest BCUT2D eigenvalue weighted by atomic mass is 10.1. The van der Waals surface area contributed by atoms with E-state index in [1.807, 2.05) is 0 Å². The Morgan fingerprint density at radius 1 is 1.54 bits per heavy atom. The molecular formula is C6H14N4O3. The van der Waals surface area contributed by atoms with Crippen molar-refractivity contribution in [2.45, 2.75) is 25.1 Å². The van der Waals surface area contributed by atoms with Crippen LogP contribution in [0.2, 0.25) is 0 Å². The van der Waals surface area contributed by atoms with Crippen molar-refractivity contribution in [2.24, 2.45) is 11.5 Å². The van der Waals surface area contributed by atoms with Crippen LogP contribution in [0.1, 0.15) is 12.8 Å². The zero-order chi connectivity index (χ0) is 10.4. The second kappa shape index (κ2) is 5.33. The average Bonchev–Trinajstić information content (AvgIpc) is 1.98. The molecule has 0 fully saturated rings. The van der Waals surface area contributed by atoms with Crippen molar-refractivity contribution < 1.29 is 15.0 Å². The average molecular weight is 190 g/mol. The number of guanidine groups is 1. The Hall–Kier alpha value is -1.34.